The van der Waals surface area contributed by atoms with Crippen LogP contribution in [-0.4, -0.2) is 39.0 Å². The fourth-order valence-electron chi connectivity index (χ4n) is 5.35. The summed E-state index contributed by atoms with van der Waals surface area (Å²) in [5.41, 5.74) is 5.35. The minimum absolute atomic E-state index is 0.0724. The van der Waals surface area contributed by atoms with Crippen LogP contribution in [-0.2, 0) is 16.6 Å². The largest absolute Gasteiger partial charge is 0.493 e. The number of hydrogen-bond donors (Lipinski definition) is 0. The van der Waals surface area contributed by atoms with Crippen LogP contribution in [0.5, 0.6) is 11.5 Å². The van der Waals surface area contributed by atoms with Crippen LogP contribution in [0, 0.1) is 0 Å². The second-order valence-electron chi connectivity index (χ2n) is 8.31. The second-order valence-corrected chi connectivity index (χ2v) is 8.31. The lowest BCUT2D eigenvalue weighted by Gasteiger charge is -2.27. The smallest absolute Gasteiger partial charge is 0.127 e. The van der Waals surface area contributed by atoms with Crippen molar-refractivity contribution in [2.75, 3.05) is 37.8 Å². The summed E-state index contributed by atoms with van der Waals surface area (Å²) in [7, 11) is 0. The van der Waals surface area contributed by atoms with Gasteiger partial charge in [-0.25, -0.2) is 0 Å². The van der Waals surface area contributed by atoms with Crippen LogP contribution in [0.1, 0.15) is 36.0 Å². The molecule has 1 saturated heterocycles. The summed E-state index contributed by atoms with van der Waals surface area (Å²) in [4.78, 5) is 2.53. The van der Waals surface area contributed by atoms with Gasteiger partial charge in [0.2, 0.25) is 0 Å². The zero-order chi connectivity index (χ0) is 17.8. The van der Waals surface area contributed by atoms with Crippen molar-refractivity contribution in [3.8, 4) is 11.5 Å². The maximum atomic E-state index is 6.24. The Hall–Kier alpha value is -2.20. The maximum Gasteiger partial charge on any atom is 0.127 e. The topological polar surface area (TPSA) is 30.9 Å². The lowest BCUT2D eigenvalue weighted by molar-refractivity contribution is 0.115. The van der Waals surface area contributed by atoms with Crippen LogP contribution in [0.3, 0.4) is 0 Å². The summed E-state index contributed by atoms with van der Waals surface area (Å²) in [6, 6.07) is 13.4. The summed E-state index contributed by atoms with van der Waals surface area (Å²) in [5, 5.41) is 0. The van der Waals surface area contributed by atoms with Gasteiger partial charge < -0.3 is 19.1 Å². The van der Waals surface area contributed by atoms with E-state index in [1.54, 1.807) is 0 Å². The average molecular weight is 363 g/mol. The first-order chi connectivity index (χ1) is 13.3. The Morgan fingerprint density at radius 2 is 1.96 bits per heavy atom. The molecule has 140 valence electrons. The Kier molecular flexibility index (Phi) is 3.46. The predicted molar refractivity (Wildman–Crippen MR) is 104 cm³/mol. The van der Waals surface area contributed by atoms with E-state index >= 15 is 0 Å². The van der Waals surface area contributed by atoms with Gasteiger partial charge >= 0.3 is 0 Å². The lowest BCUT2D eigenvalue weighted by Crippen LogP contribution is -2.39. The number of fused-ring (bicyclic) bond motifs is 5. The van der Waals surface area contributed by atoms with E-state index in [1.807, 2.05) is 0 Å². The number of para-hydroxylation sites is 1. The van der Waals surface area contributed by atoms with E-state index in [4.69, 9.17) is 14.2 Å². The molecule has 0 bridgehead atoms. The lowest BCUT2D eigenvalue weighted by atomic mass is 9.77. The highest BCUT2D eigenvalue weighted by Crippen LogP contribution is 2.53. The molecule has 2 atom stereocenters. The fraction of sp³-hybridized carbons (Fsp3) is 0.478. The van der Waals surface area contributed by atoms with Gasteiger partial charge in [-0.15, -0.1) is 0 Å². The minimum atomic E-state index is -0.0724. The summed E-state index contributed by atoms with van der Waals surface area (Å²) in [6.45, 7) is 4.38. The van der Waals surface area contributed by atoms with Crippen molar-refractivity contribution >= 4 is 5.69 Å². The summed E-state index contributed by atoms with van der Waals surface area (Å²) < 4.78 is 18.0. The second kappa shape index (κ2) is 5.90. The number of aryl methyl sites for hydroxylation is 1. The van der Waals surface area contributed by atoms with Gasteiger partial charge in [0.05, 0.1) is 18.1 Å². The van der Waals surface area contributed by atoms with Crippen molar-refractivity contribution in [2.45, 2.75) is 37.2 Å². The van der Waals surface area contributed by atoms with Crippen LogP contribution >= 0.6 is 0 Å². The number of benzene rings is 2. The van der Waals surface area contributed by atoms with Gasteiger partial charge in [-0.3, -0.25) is 0 Å². The molecule has 4 aliphatic rings. The highest BCUT2D eigenvalue weighted by molar-refractivity contribution is 5.70. The maximum absolute atomic E-state index is 6.24. The third-order valence-corrected chi connectivity index (χ3v) is 6.67. The summed E-state index contributed by atoms with van der Waals surface area (Å²) in [5.74, 6) is 2.02. The Bertz CT molecular complexity index is 889. The molecule has 0 aromatic heterocycles. The SMILES string of the molecule is c1ccc2c(c1)N(C[C@H]1CCCO1)CC21COc2cc3c(cc21)CCCO3. The average Bonchev–Trinajstić information content (AvgIpc) is 3.42. The first kappa shape index (κ1) is 15.8. The van der Waals surface area contributed by atoms with Crippen molar-refractivity contribution in [3.63, 3.8) is 0 Å². The van der Waals surface area contributed by atoms with Gasteiger partial charge in [-0.05, 0) is 48.9 Å². The zero-order valence-electron chi connectivity index (χ0n) is 15.6. The number of rotatable bonds is 2. The highest BCUT2D eigenvalue weighted by Gasteiger charge is 2.50. The van der Waals surface area contributed by atoms with Gasteiger partial charge in [0, 0.05) is 37.0 Å². The molecular weight excluding hydrogens is 338 g/mol. The molecule has 4 heterocycles. The van der Waals surface area contributed by atoms with E-state index in [9.17, 15) is 0 Å². The molecule has 1 fully saturated rings. The third kappa shape index (κ3) is 2.32. The Morgan fingerprint density at radius 1 is 1.00 bits per heavy atom. The monoisotopic (exact) mass is 363 g/mol. The molecule has 6 rings (SSSR count). The number of nitrogens with zero attached hydrogens (tertiary/aromatic N) is 1. The minimum Gasteiger partial charge on any atom is -0.493 e. The summed E-state index contributed by atoms with van der Waals surface area (Å²) in [6.07, 6.45) is 4.90. The zero-order valence-corrected chi connectivity index (χ0v) is 15.6. The fourth-order valence-corrected chi connectivity index (χ4v) is 5.35. The number of hydrogen-bond acceptors (Lipinski definition) is 4. The molecule has 2 aromatic carbocycles. The van der Waals surface area contributed by atoms with Crippen molar-refractivity contribution in [3.05, 3.63) is 53.1 Å². The molecule has 0 amide bonds. The molecule has 1 unspecified atom stereocenters. The third-order valence-electron chi connectivity index (χ3n) is 6.67. The summed E-state index contributed by atoms with van der Waals surface area (Å²) >= 11 is 0. The molecule has 27 heavy (non-hydrogen) atoms. The molecule has 0 radical (unpaired) electrons. The van der Waals surface area contributed by atoms with E-state index in [0.717, 1.165) is 50.6 Å². The van der Waals surface area contributed by atoms with Crippen LogP contribution in [0.15, 0.2) is 36.4 Å². The first-order valence-corrected chi connectivity index (χ1v) is 10.2. The van der Waals surface area contributed by atoms with Crippen LogP contribution in [0.25, 0.3) is 0 Å². The molecule has 4 heteroatoms. The van der Waals surface area contributed by atoms with E-state index in [2.05, 4.69) is 41.3 Å². The molecule has 4 nitrogen and oxygen atoms in total. The van der Waals surface area contributed by atoms with E-state index in [1.165, 1.54) is 35.2 Å². The van der Waals surface area contributed by atoms with Crippen LogP contribution in [0.2, 0.25) is 0 Å². The van der Waals surface area contributed by atoms with Gasteiger partial charge in [-0.1, -0.05) is 18.2 Å². The van der Waals surface area contributed by atoms with Gasteiger partial charge in [0.25, 0.3) is 0 Å². The number of anilines is 1. The van der Waals surface area contributed by atoms with Crippen molar-refractivity contribution in [2.24, 2.45) is 0 Å². The molecule has 2 aromatic rings. The van der Waals surface area contributed by atoms with Crippen LogP contribution in [0.4, 0.5) is 5.69 Å². The van der Waals surface area contributed by atoms with E-state index in [0.29, 0.717) is 12.7 Å². The first-order valence-electron chi connectivity index (χ1n) is 10.2. The van der Waals surface area contributed by atoms with Crippen LogP contribution < -0.4 is 14.4 Å². The molecule has 0 saturated carbocycles. The molecular formula is C23H25NO3. The van der Waals surface area contributed by atoms with Crippen molar-refractivity contribution < 1.29 is 14.2 Å². The molecule has 0 N–H and O–H groups in total. The Labute approximate surface area is 160 Å². The van der Waals surface area contributed by atoms with Gasteiger partial charge in [-0.2, -0.15) is 0 Å². The molecule has 1 spiro atoms. The van der Waals surface area contributed by atoms with Gasteiger partial charge in [0.1, 0.15) is 18.1 Å². The number of ether oxygens (including phenoxy) is 3. The Balaban J connectivity index is 1.43. The highest BCUT2D eigenvalue weighted by atomic mass is 16.5. The quantitative estimate of drug-likeness (QED) is 0.814. The van der Waals surface area contributed by atoms with Crippen molar-refractivity contribution in [1.82, 2.24) is 0 Å². The standard InChI is InChI=1S/C23H25NO3/c1-2-8-20-18(7-1)23(14-24(20)13-17-6-4-9-25-17)15-27-22-12-21-16(11-19(22)23)5-3-10-26-21/h1-2,7-8,11-12,17H,3-6,9-10,13-15H2/t17-,23?/m1/s1. The normalized spacial score (nSPS) is 27.9. The van der Waals surface area contributed by atoms with E-state index < -0.39 is 0 Å². The Morgan fingerprint density at radius 3 is 2.89 bits per heavy atom. The van der Waals surface area contributed by atoms with Crippen molar-refractivity contribution in [1.29, 1.82) is 0 Å². The van der Waals surface area contributed by atoms with E-state index in [-0.39, 0.29) is 5.41 Å². The molecule has 4 aliphatic heterocycles. The van der Waals surface area contributed by atoms with Gasteiger partial charge in [0.15, 0.2) is 0 Å². The predicted octanol–water partition coefficient (Wildman–Crippen LogP) is 3.69. The molecule has 0 aliphatic carbocycles.